The van der Waals surface area contributed by atoms with Crippen molar-refractivity contribution in [3.05, 3.63) is 71.3 Å². The second kappa shape index (κ2) is 7.53. The summed E-state index contributed by atoms with van der Waals surface area (Å²) in [5.74, 6) is -2.29. The van der Waals surface area contributed by atoms with Gasteiger partial charge in [-0.15, -0.1) is 0 Å². The number of piperidine rings is 1. The predicted octanol–water partition coefficient (Wildman–Crippen LogP) is 3.36. The van der Waals surface area contributed by atoms with Crippen LogP contribution in [-0.4, -0.2) is 29.9 Å². The summed E-state index contributed by atoms with van der Waals surface area (Å²) >= 11 is 0. The minimum Gasteiger partial charge on any atom is -0.349 e. The van der Waals surface area contributed by atoms with E-state index in [1.165, 1.54) is 11.6 Å². The SMILES string of the molecule is O=C(NC1CCN(Cc2ccccc2)CC1)c1ccc(F)c(F)c1. The molecule has 0 bridgehead atoms. The van der Waals surface area contributed by atoms with Gasteiger partial charge in [0.15, 0.2) is 11.6 Å². The molecule has 0 aliphatic carbocycles. The van der Waals surface area contributed by atoms with Crippen LogP contribution in [0.4, 0.5) is 8.78 Å². The van der Waals surface area contributed by atoms with Crippen LogP contribution in [0.2, 0.25) is 0 Å². The molecule has 0 saturated carbocycles. The first-order chi connectivity index (χ1) is 11.6. The first kappa shape index (κ1) is 16.6. The van der Waals surface area contributed by atoms with E-state index in [-0.39, 0.29) is 17.5 Å². The van der Waals surface area contributed by atoms with Crippen molar-refractivity contribution in [1.82, 2.24) is 10.2 Å². The number of likely N-dealkylation sites (tertiary alicyclic amines) is 1. The average molecular weight is 330 g/mol. The minimum absolute atomic E-state index is 0.0673. The molecule has 1 aliphatic rings. The summed E-state index contributed by atoms with van der Waals surface area (Å²) in [6, 6.07) is 13.6. The maximum absolute atomic E-state index is 13.2. The quantitative estimate of drug-likeness (QED) is 0.932. The molecule has 0 radical (unpaired) electrons. The number of nitrogens with one attached hydrogen (secondary N) is 1. The second-order valence-electron chi connectivity index (χ2n) is 6.14. The van der Waals surface area contributed by atoms with E-state index in [0.29, 0.717) is 0 Å². The van der Waals surface area contributed by atoms with Crippen molar-refractivity contribution < 1.29 is 13.6 Å². The molecule has 1 aliphatic heterocycles. The second-order valence-corrected chi connectivity index (χ2v) is 6.14. The van der Waals surface area contributed by atoms with E-state index in [4.69, 9.17) is 0 Å². The highest BCUT2D eigenvalue weighted by atomic mass is 19.2. The lowest BCUT2D eigenvalue weighted by molar-refractivity contribution is 0.0908. The molecule has 0 unspecified atom stereocenters. The Hall–Kier alpha value is -2.27. The standard InChI is InChI=1S/C19H20F2N2O/c20-17-7-6-15(12-18(17)21)19(24)22-16-8-10-23(11-9-16)13-14-4-2-1-3-5-14/h1-7,12,16H,8-11,13H2,(H,22,24). The van der Waals surface area contributed by atoms with E-state index in [2.05, 4.69) is 22.3 Å². The zero-order valence-electron chi connectivity index (χ0n) is 13.3. The number of nitrogens with zero attached hydrogens (tertiary/aromatic N) is 1. The number of amides is 1. The zero-order chi connectivity index (χ0) is 16.9. The molecule has 1 N–H and O–H groups in total. The van der Waals surface area contributed by atoms with Crippen LogP contribution in [-0.2, 0) is 6.54 Å². The number of carbonyl (C=O) groups excluding carboxylic acids is 1. The van der Waals surface area contributed by atoms with E-state index < -0.39 is 11.6 Å². The molecule has 0 aromatic heterocycles. The van der Waals surface area contributed by atoms with E-state index >= 15 is 0 Å². The molecule has 1 heterocycles. The minimum atomic E-state index is -1.000. The lowest BCUT2D eigenvalue weighted by Crippen LogP contribution is -2.44. The summed E-state index contributed by atoms with van der Waals surface area (Å²) in [7, 11) is 0. The van der Waals surface area contributed by atoms with Crippen molar-refractivity contribution >= 4 is 5.91 Å². The Bertz CT molecular complexity index is 698. The van der Waals surface area contributed by atoms with E-state index in [1.807, 2.05) is 18.2 Å². The molecule has 3 rings (SSSR count). The monoisotopic (exact) mass is 330 g/mol. The van der Waals surface area contributed by atoms with Crippen LogP contribution in [0.3, 0.4) is 0 Å². The van der Waals surface area contributed by atoms with Gasteiger partial charge in [0.25, 0.3) is 5.91 Å². The maximum atomic E-state index is 13.2. The highest BCUT2D eigenvalue weighted by Crippen LogP contribution is 2.15. The largest absolute Gasteiger partial charge is 0.349 e. The molecule has 5 heteroatoms. The Morgan fingerprint density at radius 1 is 1.04 bits per heavy atom. The van der Waals surface area contributed by atoms with Crippen LogP contribution in [0.25, 0.3) is 0 Å². The molecule has 2 aromatic rings. The highest BCUT2D eigenvalue weighted by Gasteiger charge is 2.21. The summed E-state index contributed by atoms with van der Waals surface area (Å²) in [6.45, 7) is 2.71. The van der Waals surface area contributed by atoms with Gasteiger partial charge in [0.05, 0.1) is 0 Å². The fraction of sp³-hybridized carbons (Fsp3) is 0.316. The van der Waals surface area contributed by atoms with Gasteiger partial charge < -0.3 is 5.32 Å². The zero-order valence-corrected chi connectivity index (χ0v) is 13.3. The summed E-state index contributed by atoms with van der Waals surface area (Å²) in [5, 5.41) is 2.91. The fourth-order valence-corrected chi connectivity index (χ4v) is 2.98. The first-order valence-corrected chi connectivity index (χ1v) is 8.14. The van der Waals surface area contributed by atoms with Crippen LogP contribution in [0.5, 0.6) is 0 Å². The first-order valence-electron chi connectivity index (χ1n) is 8.14. The highest BCUT2D eigenvalue weighted by molar-refractivity contribution is 5.94. The molecule has 1 fully saturated rings. The Kier molecular flexibility index (Phi) is 5.20. The Balaban J connectivity index is 1.50. The van der Waals surface area contributed by atoms with Crippen LogP contribution in [0, 0.1) is 11.6 Å². The molecule has 2 aromatic carbocycles. The number of halogens is 2. The summed E-state index contributed by atoms with van der Waals surface area (Å²) < 4.78 is 26.1. The lowest BCUT2D eigenvalue weighted by atomic mass is 10.0. The van der Waals surface area contributed by atoms with Crippen molar-refractivity contribution in [2.24, 2.45) is 0 Å². The summed E-state index contributed by atoms with van der Waals surface area (Å²) in [5.41, 5.74) is 1.43. The summed E-state index contributed by atoms with van der Waals surface area (Å²) in [6.07, 6.45) is 1.70. The molecule has 24 heavy (non-hydrogen) atoms. The number of carbonyl (C=O) groups is 1. The lowest BCUT2D eigenvalue weighted by Gasteiger charge is -2.32. The number of hydrogen-bond acceptors (Lipinski definition) is 2. The van der Waals surface area contributed by atoms with Crippen LogP contribution in [0.15, 0.2) is 48.5 Å². The molecular weight excluding hydrogens is 310 g/mol. The third-order valence-corrected chi connectivity index (χ3v) is 4.35. The van der Waals surface area contributed by atoms with Gasteiger partial charge in [-0.2, -0.15) is 0 Å². The molecule has 3 nitrogen and oxygen atoms in total. The van der Waals surface area contributed by atoms with E-state index in [9.17, 15) is 13.6 Å². The molecule has 0 spiro atoms. The molecule has 1 saturated heterocycles. The van der Waals surface area contributed by atoms with E-state index in [0.717, 1.165) is 44.6 Å². The van der Waals surface area contributed by atoms with Crippen molar-refractivity contribution in [3.8, 4) is 0 Å². The number of rotatable bonds is 4. The van der Waals surface area contributed by atoms with Crippen LogP contribution < -0.4 is 5.32 Å². The smallest absolute Gasteiger partial charge is 0.251 e. The Labute approximate surface area is 140 Å². The van der Waals surface area contributed by atoms with Crippen LogP contribution >= 0.6 is 0 Å². The molecule has 0 atom stereocenters. The maximum Gasteiger partial charge on any atom is 0.251 e. The van der Waals surface area contributed by atoms with Crippen molar-refractivity contribution in [2.75, 3.05) is 13.1 Å². The Morgan fingerprint density at radius 3 is 2.42 bits per heavy atom. The summed E-state index contributed by atoms with van der Waals surface area (Å²) in [4.78, 5) is 14.5. The van der Waals surface area contributed by atoms with Gasteiger partial charge in [0.1, 0.15) is 0 Å². The van der Waals surface area contributed by atoms with Crippen molar-refractivity contribution in [1.29, 1.82) is 0 Å². The van der Waals surface area contributed by atoms with E-state index in [1.54, 1.807) is 0 Å². The predicted molar refractivity (Wildman–Crippen MR) is 88.6 cm³/mol. The third kappa shape index (κ3) is 4.17. The fourth-order valence-electron chi connectivity index (χ4n) is 2.98. The van der Waals surface area contributed by atoms with Gasteiger partial charge in [0.2, 0.25) is 0 Å². The third-order valence-electron chi connectivity index (χ3n) is 4.35. The van der Waals surface area contributed by atoms with Crippen LogP contribution in [0.1, 0.15) is 28.8 Å². The molecular formula is C19H20F2N2O. The molecule has 126 valence electrons. The van der Waals surface area contributed by atoms with Gasteiger partial charge >= 0.3 is 0 Å². The normalized spacial score (nSPS) is 16.1. The van der Waals surface area contributed by atoms with Gasteiger partial charge in [-0.1, -0.05) is 30.3 Å². The van der Waals surface area contributed by atoms with Gasteiger partial charge in [0, 0.05) is 31.2 Å². The van der Waals surface area contributed by atoms with Gasteiger partial charge in [-0.25, -0.2) is 8.78 Å². The number of benzene rings is 2. The topological polar surface area (TPSA) is 32.3 Å². The number of hydrogen-bond donors (Lipinski definition) is 1. The van der Waals surface area contributed by atoms with Gasteiger partial charge in [-0.05, 0) is 36.6 Å². The van der Waals surface area contributed by atoms with Crippen molar-refractivity contribution in [2.45, 2.75) is 25.4 Å². The average Bonchev–Trinajstić information content (AvgIpc) is 2.60. The molecule has 1 amide bonds. The van der Waals surface area contributed by atoms with Crippen molar-refractivity contribution in [3.63, 3.8) is 0 Å². The van der Waals surface area contributed by atoms with Gasteiger partial charge in [-0.3, -0.25) is 9.69 Å². The Morgan fingerprint density at radius 2 is 1.75 bits per heavy atom.